The molecule has 1 aliphatic rings. The molecule has 0 saturated carbocycles. The van der Waals surface area contributed by atoms with E-state index in [1.807, 2.05) is 35.7 Å². The van der Waals surface area contributed by atoms with Gasteiger partial charge in [-0.3, -0.25) is 15.1 Å². The summed E-state index contributed by atoms with van der Waals surface area (Å²) in [7, 11) is 0. The Hall–Kier alpha value is -1.82. The van der Waals surface area contributed by atoms with Gasteiger partial charge < -0.3 is 5.32 Å². The highest BCUT2D eigenvalue weighted by Crippen LogP contribution is 2.25. The average Bonchev–Trinajstić information content (AvgIpc) is 3.17. The maximum atomic E-state index is 12.1. The van der Waals surface area contributed by atoms with Crippen molar-refractivity contribution in [2.24, 2.45) is 0 Å². The van der Waals surface area contributed by atoms with Gasteiger partial charge in [0.15, 0.2) is 6.10 Å². The molecule has 108 valence electrons. The fourth-order valence-corrected chi connectivity index (χ4v) is 2.87. The normalized spacial score (nSPS) is 17.2. The van der Waals surface area contributed by atoms with Crippen LogP contribution in [0.15, 0.2) is 47.9 Å². The lowest BCUT2D eigenvalue weighted by molar-refractivity contribution is -0.131. The van der Waals surface area contributed by atoms with Crippen LogP contribution in [0.4, 0.5) is 0 Å². The fourth-order valence-electron chi connectivity index (χ4n) is 1.99. The van der Waals surface area contributed by atoms with Crippen LogP contribution in [-0.4, -0.2) is 12.0 Å². The SMILES string of the molecule is O=C(NCc1cccs1)[C@@H]1C=C(c2ccccc2Cl)NO1. The molecule has 0 bridgehead atoms. The summed E-state index contributed by atoms with van der Waals surface area (Å²) in [6, 6.07) is 11.3. The second kappa shape index (κ2) is 6.30. The van der Waals surface area contributed by atoms with Gasteiger partial charge in [-0.1, -0.05) is 35.9 Å². The Morgan fingerprint density at radius 3 is 2.95 bits per heavy atom. The number of halogens is 1. The van der Waals surface area contributed by atoms with Crippen LogP contribution < -0.4 is 10.8 Å². The number of rotatable bonds is 4. The van der Waals surface area contributed by atoms with Gasteiger partial charge in [0.2, 0.25) is 0 Å². The summed E-state index contributed by atoms with van der Waals surface area (Å²) in [5, 5.41) is 5.43. The molecule has 1 aliphatic heterocycles. The standard InChI is InChI=1S/C15H13ClN2O2S/c16-12-6-2-1-5-11(12)13-8-14(20-18-13)15(19)17-9-10-4-3-7-21-10/h1-8,14,18H,9H2,(H,17,19)/t14-/m0/s1. The van der Waals surface area contributed by atoms with Crippen LogP contribution >= 0.6 is 22.9 Å². The van der Waals surface area contributed by atoms with Gasteiger partial charge >= 0.3 is 0 Å². The molecule has 0 saturated heterocycles. The van der Waals surface area contributed by atoms with Crippen LogP contribution in [0.5, 0.6) is 0 Å². The fraction of sp³-hybridized carbons (Fsp3) is 0.133. The first-order valence-corrected chi connectivity index (χ1v) is 7.68. The van der Waals surface area contributed by atoms with Crippen molar-refractivity contribution in [2.45, 2.75) is 12.6 Å². The number of hydroxylamine groups is 1. The molecule has 1 aromatic carbocycles. The monoisotopic (exact) mass is 320 g/mol. The second-order valence-electron chi connectivity index (χ2n) is 4.50. The topological polar surface area (TPSA) is 50.4 Å². The molecule has 21 heavy (non-hydrogen) atoms. The molecule has 2 heterocycles. The van der Waals surface area contributed by atoms with Crippen molar-refractivity contribution in [1.29, 1.82) is 0 Å². The highest BCUT2D eigenvalue weighted by atomic mass is 35.5. The van der Waals surface area contributed by atoms with E-state index in [-0.39, 0.29) is 5.91 Å². The largest absolute Gasteiger partial charge is 0.349 e. The first kappa shape index (κ1) is 14.1. The Kier molecular flexibility index (Phi) is 4.24. The van der Waals surface area contributed by atoms with Crippen LogP contribution in [0.1, 0.15) is 10.4 Å². The number of hydrogen-bond acceptors (Lipinski definition) is 4. The zero-order valence-corrected chi connectivity index (χ0v) is 12.6. The Morgan fingerprint density at radius 1 is 1.33 bits per heavy atom. The third-order valence-electron chi connectivity index (χ3n) is 3.05. The molecule has 0 fully saturated rings. The Balaban J connectivity index is 1.65. The van der Waals surface area contributed by atoms with Crippen LogP contribution in [0, 0.1) is 0 Å². The molecule has 1 aromatic heterocycles. The lowest BCUT2D eigenvalue weighted by Crippen LogP contribution is -2.34. The summed E-state index contributed by atoms with van der Waals surface area (Å²) in [6.07, 6.45) is 1.07. The van der Waals surface area contributed by atoms with Crippen molar-refractivity contribution in [3.05, 3.63) is 63.3 Å². The molecular formula is C15H13ClN2O2S. The smallest absolute Gasteiger partial charge is 0.256 e. The lowest BCUT2D eigenvalue weighted by Gasteiger charge is -2.08. The van der Waals surface area contributed by atoms with E-state index < -0.39 is 6.10 Å². The van der Waals surface area contributed by atoms with Crippen LogP contribution in [0.2, 0.25) is 5.02 Å². The second-order valence-corrected chi connectivity index (χ2v) is 5.94. The Morgan fingerprint density at radius 2 is 2.19 bits per heavy atom. The summed E-state index contributed by atoms with van der Waals surface area (Å²) in [5.41, 5.74) is 4.27. The highest BCUT2D eigenvalue weighted by Gasteiger charge is 2.25. The molecule has 3 rings (SSSR count). The molecule has 0 radical (unpaired) electrons. The molecule has 0 aliphatic carbocycles. The molecule has 1 atom stereocenters. The van der Waals surface area contributed by atoms with Gasteiger partial charge in [-0.25, -0.2) is 0 Å². The summed E-state index contributed by atoms with van der Waals surface area (Å²) in [4.78, 5) is 18.5. The van der Waals surface area contributed by atoms with Crippen LogP contribution in [-0.2, 0) is 16.2 Å². The van der Waals surface area contributed by atoms with Crippen molar-refractivity contribution in [3.8, 4) is 0 Å². The zero-order valence-electron chi connectivity index (χ0n) is 11.0. The summed E-state index contributed by atoms with van der Waals surface area (Å²) >= 11 is 7.73. The first-order chi connectivity index (χ1) is 10.2. The zero-order chi connectivity index (χ0) is 14.7. The molecular weight excluding hydrogens is 308 g/mol. The Labute approximate surface area is 131 Å². The van der Waals surface area contributed by atoms with E-state index in [0.29, 0.717) is 17.3 Å². The number of carbonyl (C=O) groups excluding carboxylic acids is 1. The van der Waals surface area contributed by atoms with E-state index in [4.69, 9.17) is 16.4 Å². The van der Waals surface area contributed by atoms with Crippen molar-refractivity contribution >= 4 is 34.5 Å². The van der Waals surface area contributed by atoms with Crippen molar-refractivity contribution in [3.63, 3.8) is 0 Å². The van der Waals surface area contributed by atoms with E-state index in [0.717, 1.165) is 10.4 Å². The van der Waals surface area contributed by atoms with Crippen LogP contribution in [0.3, 0.4) is 0 Å². The summed E-state index contributed by atoms with van der Waals surface area (Å²) < 4.78 is 0. The lowest BCUT2D eigenvalue weighted by atomic mass is 10.1. The minimum Gasteiger partial charge on any atom is -0.349 e. The molecule has 0 spiro atoms. The predicted octanol–water partition coefficient (Wildman–Crippen LogP) is 2.96. The van der Waals surface area contributed by atoms with E-state index >= 15 is 0 Å². The third kappa shape index (κ3) is 3.26. The maximum Gasteiger partial charge on any atom is 0.256 e. The number of nitrogens with one attached hydrogen (secondary N) is 2. The van der Waals surface area contributed by atoms with E-state index in [1.54, 1.807) is 23.5 Å². The van der Waals surface area contributed by atoms with Crippen molar-refractivity contribution < 1.29 is 9.63 Å². The van der Waals surface area contributed by atoms with E-state index in [1.165, 1.54) is 0 Å². The molecule has 2 N–H and O–H groups in total. The number of hydrogen-bond donors (Lipinski definition) is 2. The summed E-state index contributed by atoms with van der Waals surface area (Å²) in [6.45, 7) is 0.506. The number of carbonyl (C=O) groups is 1. The van der Waals surface area contributed by atoms with E-state index in [2.05, 4.69) is 10.8 Å². The third-order valence-corrected chi connectivity index (χ3v) is 4.26. The minimum absolute atomic E-state index is 0.182. The average molecular weight is 321 g/mol. The van der Waals surface area contributed by atoms with Crippen LogP contribution in [0.25, 0.3) is 5.70 Å². The predicted molar refractivity (Wildman–Crippen MR) is 83.6 cm³/mol. The van der Waals surface area contributed by atoms with Gasteiger partial charge in [-0.2, -0.15) is 0 Å². The van der Waals surface area contributed by atoms with Crippen molar-refractivity contribution in [1.82, 2.24) is 10.8 Å². The molecule has 4 nitrogen and oxygen atoms in total. The number of thiophene rings is 1. The van der Waals surface area contributed by atoms with Gasteiger partial charge in [0.05, 0.1) is 12.2 Å². The maximum absolute atomic E-state index is 12.1. The minimum atomic E-state index is -0.656. The van der Waals surface area contributed by atoms with Gasteiger partial charge in [0, 0.05) is 15.5 Å². The van der Waals surface area contributed by atoms with Gasteiger partial charge in [-0.05, 0) is 23.6 Å². The molecule has 6 heteroatoms. The number of benzene rings is 1. The van der Waals surface area contributed by atoms with Gasteiger partial charge in [0.25, 0.3) is 5.91 Å². The van der Waals surface area contributed by atoms with E-state index in [9.17, 15) is 4.79 Å². The summed E-state index contributed by atoms with van der Waals surface area (Å²) in [5.74, 6) is -0.182. The highest BCUT2D eigenvalue weighted by molar-refractivity contribution is 7.09. The quantitative estimate of drug-likeness (QED) is 0.910. The molecule has 0 unspecified atom stereocenters. The van der Waals surface area contributed by atoms with Gasteiger partial charge in [0.1, 0.15) is 0 Å². The molecule has 2 aromatic rings. The van der Waals surface area contributed by atoms with Gasteiger partial charge in [-0.15, -0.1) is 11.3 Å². The number of amides is 1. The molecule has 1 amide bonds. The van der Waals surface area contributed by atoms with Crippen molar-refractivity contribution in [2.75, 3.05) is 0 Å². The first-order valence-electron chi connectivity index (χ1n) is 6.42. The Bertz CT molecular complexity index is 670.